The van der Waals surface area contributed by atoms with Crippen LogP contribution in [-0.4, -0.2) is 41.8 Å². The summed E-state index contributed by atoms with van der Waals surface area (Å²) in [5.74, 6) is 0.0266. The van der Waals surface area contributed by atoms with E-state index in [1.165, 1.54) is 23.5 Å². The molecule has 4 heterocycles. The van der Waals surface area contributed by atoms with Crippen LogP contribution in [0.1, 0.15) is 36.4 Å². The fourth-order valence-electron chi connectivity index (χ4n) is 4.41. The Morgan fingerprint density at radius 1 is 1.26 bits per heavy atom. The SMILES string of the molecule is CC1(C)C(NC(=O)c2cc3ccc(OC(F)(F)F)cc3s2)C2CCN1CC2. The maximum atomic E-state index is 12.8. The van der Waals surface area contributed by atoms with Gasteiger partial charge in [-0.2, -0.15) is 0 Å². The maximum Gasteiger partial charge on any atom is 0.573 e. The molecule has 4 nitrogen and oxygen atoms in total. The van der Waals surface area contributed by atoms with Crippen LogP contribution in [-0.2, 0) is 0 Å². The molecule has 1 N–H and O–H groups in total. The molecule has 1 aromatic heterocycles. The fraction of sp³-hybridized carbons (Fsp3) is 0.526. The Morgan fingerprint density at radius 3 is 2.59 bits per heavy atom. The van der Waals surface area contributed by atoms with E-state index in [9.17, 15) is 18.0 Å². The normalized spacial score (nSPS) is 26.9. The van der Waals surface area contributed by atoms with E-state index in [1.807, 2.05) is 0 Å². The Balaban J connectivity index is 1.54. The molecule has 5 rings (SSSR count). The molecule has 0 aliphatic carbocycles. The predicted molar refractivity (Wildman–Crippen MR) is 98.1 cm³/mol. The van der Waals surface area contributed by atoms with Gasteiger partial charge >= 0.3 is 6.36 Å². The fourth-order valence-corrected chi connectivity index (χ4v) is 5.40. The van der Waals surface area contributed by atoms with Gasteiger partial charge in [-0.15, -0.1) is 24.5 Å². The number of carbonyl (C=O) groups excluding carboxylic acids is 1. The van der Waals surface area contributed by atoms with E-state index in [-0.39, 0.29) is 23.2 Å². The average Bonchev–Trinajstić information content (AvgIpc) is 3.00. The number of carbonyl (C=O) groups is 1. The van der Waals surface area contributed by atoms with Gasteiger partial charge in [-0.05, 0) is 75.3 Å². The van der Waals surface area contributed by atoms with Gasteiger partial charge in [0.25, 0.3) is 5.91 Å². The van der Waals surface area contributed by atoms with Gasteiger partial charge in [0.2, 0.25) is 0 Å². The van der Waals surface area contributed by atoms with E-state index in [1.54, 1.807) is 12.1 Å². The van der Waals surface area contributed by atoms with Crippen LogP contribution < -0.4 is 10.1 Å². The molecule has 1 amide bonds. The molecule has 27 heavy (non-hydrogen) atoms. The molecule has 0 radical (unpaired) electrons. The van der Waals surface area contributed by atoms with Crippen molar-refractivity contribution in [1.29, 1.82) is 0 Å². The molecule has 0 saturated carbocycles. The van der Waals surface area contributed by atoms with Crippen molar-refractivity contribution in [2.75, 3.05) is 13.1 Å². The number of benzene rings is 1. The number of fused-ring (bicyclic) bond motifs is 4. The van der Waals surface area contributed by atoms with Crippen LogP contribution in [0.4, 0.5) is 13.2 Å². The molecule has 3 fully saturated rings. The van der Waals surface area contributed by atoms with Gasteiger partial charge in [0, 0.05) is 16.3 Å². The van der Waals surface area contributed by atoms with E-state index in [2.05, 4.69) is 28.8 Å². The highest BCUT2D eigenvalue weighted by atomic mass is 32.1. The van der Waals surface area contributed by atoms with E-state index in [4.69, 9.17) is 0 Å². The van der Waals surface area contributed by atoms with E-state index >= 15 is 0 Å². The van der Waals surface area contributed by atoms with E-state index < -0.39 is 6.36 Å². The molecular weight excluding hydrogens is 377 g/mol. The van der Waals surface area contributed by atoms with Gasteiger partial charge in [-0.3, -0.25) is 9.69 Å². The summed E-state index contributed by atoms with van der Waals surface area (Å²) in [6.45, 7) is 6.45. The summed E-state index contributed by atoms with van der Waals surface area (Å²) >= 11 is 1.18. The summed E-state index contributed by atoms with van der Waals surface area (Å²) in [7, 11) is 0. The van der Waals surface area contributed by atoms with Gasteiger partial charge in [0.05, 0.1) is 4.88 Å². The summed E-state index contributed by atoms with van der Waals surface area (Å²) in [6.07, 6.45) is -2.57. The predicted octanol–water partition coefficient (Wildman–Crippen LogP) is 4.40. The van der Waals surface area contributed by atoms with E-state index in [0.717, 1.165) is 31.3 Å². The van der Waals surface area contributed by atoms with Crippen LogP contribution in [0.2, 0.25) is 0 Å². The first-order valence-corrected chi connectivity index (χ1v) is 9.80. The lowest BCUT2D eigenvalue weighted by atomic mass is 9.72. The summed E-state index contributed by atoms with van der Waals surface area (Å²) in [6, 6.07) is 5.92. The first-order valence-electron chi connectivity index (χ1n) is 8.99. The first-order chi connectivity index (χ1) is 12.6. The molecule has 1 unspecified atom stereocenters. The number of ether oxygens (including phenoxy) is 1. The second-order valence-electron chi connectivity index (χ2n) is 7.79. The van der Waals surface area contributed by atoms with Crippen LogP contribution >= 0.6 is 11.3 Å². The van der Waals surface area contributed by atoms with Gasteiger partial charge in [-0.25, -0.2) is 0 Å². The molecule has 0 spiro atoms. The quantitative estimate of drug-likeness (QED) is 0.833. The second-order valence-corrected chi connectivity index (χ2v) is 8.87. The van der Waals surface area contributed by atoms with Gasteiger partial charge in [-0.1, -0.05) is 0 Å². The van der Waals surface area contributed by atoms with Crippen molar-refractivity contribution in [3.05, 3.63) is 29.1 Å². The molecule has 3 aliphatic heterocycles. The van der Waals surface area contributed by atoms with Crippen molar-refractivity contribution < 1.29 is 22.7 Å². The summed E-state index contributed by atoms with van der Waals surface area (Å²) in [5.41, 5.74) is -0.0960. The third-order valence-corrected chi connectivity index (χ3v) is 6.92. The molecule has 1 atom stereocenters. The zero-order valence-corrected chi connectivity index (χ0v) is 15.9. The number of alkyl halides is 3. The van der Waals surface area contributed by atoms with Crippen LogP contribution in [0, 0.1) is 5.92 Å². The molecule has 3 saturated heterocycles. The topological polar surface area (TPSA) is 41.6 Å². The average molecular weight is 398 g/mol. The number of halogens is 3. The van der Waals surface area contributed by atoms with Gasteiger partial charge < -0.3 is 10.1 Å². The number of hydrogen-bond donors (Lipinski definition) is 1. The monoisotopic (exact) mass is 398 g/mol. The van der Waals surface area contributed by atoms with Crippen molar-refractivity contribution in [2.24, 2.45) is 5.92 Å². The first kappa shape index (κ1) is 18.6. The third-order valence-electron chi connectivity index (χ3n) is 5.82. The summed E-state index contributed by atoms with van der Waals surface area (Å²) in [5, 5.41) is 3.92. The molecule has 1 aromatic carbocycles. The van der Waals surface area contributed by atoms with Crippen LogP contribution in [0.15, 0.2) is 24.3 Å². The maximum absolute atomic E-state index is 12.8. The molecule has 2 aromatic rings. The lowest BCUT2D eigenvalue weighted by Gasteiger charge is -2.56. The zero-order valence-electron chi connectivity index (χ0n) is 15.1. The molecule has 146 valence electrons. The summed E-state index contributed by atoms with van der Waals surface area (Å²) in [4.78, 5) is 15.8. The Morgan fingerprint density at radius 2 is 1.96 bits per heavy atom. The molecular formula is C19H21F3N2O2S. The minimum Gasteiger partial charge on any atom is -0.406 e. The number of rotatable bonds is 3. The Bertz CT molecular complexity index is 869. The highest BCUT2D eigenvalue weighted by Gasteiger charge is 2.48. The Hall–Kier alpha value is -1.80. The summed E-state index contributed by atoms with van der Waals surface area (Å²) < 4.78 is 41.7. The number of amides is 1. The highest BCUT2D eigenvalue weighted by molar-refractivity contribution is 7.20. The number of piperidine rings is 3. The molecule has 2 bridgehead atoms. The number of hydrogen-bond acceptors (Lipinski definition) is 4. The van der Waals surface area contributed by atoms with Crippen molar-refractivity contribution >= 4 is 27.3 Å². The third kappa shape index (κ3) is 3.52. The van der Waals surface area contributed by atoms with Gasteiger partial charge in [0.1, 0.15) is 5.75 Å². The van der Waals surface area contributed by atoms with Crippen LogP contribution in [0.25, 0.3) is 10.1 Å². The van der Waals surface area contributed by atoms with Crippen LogP contribution in [0.3, 0.4) is 0 Å². The zero-order chi connectivity index (χ0) is 19.4. The largest absolute Gasteiger partial charge is 0.573 e. The highest BCUT2D eigenvalue weighted by Crippen LogP contribution is 2.39. The van der Waals surface area contributed by atoms with Crippen molar-refractivity contribution in [1.82, 2.24) is 10.2 Å². The lowest BCUT2D eigenvalue weighted by molar-refractivity contribution is -0.274. The Kier molecular flexibility index (Phi) is 4.38. The molecule has 8 heteroatoms. The molecule has 3 aliphatic rings. The number of thiophene rings is 1. The smallest absolute Gasteiger partial charge is 0.406 e. The van der Waals surface area contributed by atoms with Gasteiger partial charge in [0.15, 0.2) is 0 Å². The number of nitrogens with zero attached hydrogens (tertiary/aromatic N) is 1. The number of nitrogens with one attached hydrogen (secondary N) is 1. The minimum atomic E-state index is -4.73. The van der Waals surface area contributed by atoms with E-state index in [0.29, 0.717) is 15.5 Å². The van der Waals surface area contributed by atoms with Crippen molar-refractivity contribution in [2.45, 2.75) is 44.6 Å². The minimum absolute atomic E-state index is 0.0711. The lowest BCUT2D eigenvalue weighted by Crippen LogP contribution is -2.69. The van der Waals surface area contributed by atoms with Crippen molar-refractivity contribution in [3.8, 4) is 5.75 Å². The standard InChI is InChI=1S/C19H21F3N2O2S/c1-18(2)16(11-5-7-24(18)8-6-11)23-17(25)15-9-12-3-4-13(10-14(12)27-15)26-19(20,21)22/h3-4,9-11,16H,5-8H2,1-2H3,(H,23,25). The Labute approximate surface area is 159 Å². The second kappa shape index (κ2) is 6.38. The van der Waals surface area contributed by atoms with Crippen LogP contribution in [0.5, 0.6) is 5.75 Å². The van der Waals surface area contributed by atoms with Crippen molar-refractivity contribution in [3.63, 3.8) is 0 Å².